The molecule has 0 atom stereocenters. The van der Waals surface area contributed by atoms with Crippen LogP contribution in [0.15, 0.2) is 66.9 Å². The molecule has 0 aliphatic rings. The Labute approximate surface area is 182 Å². The number of halogens is 3. The number of amides is 1. The molecular weight excluding hydrogens is 419 g/mol. The molecule has 1 N–H and O–H groups in total. The van der Waals surface area contributed by atoms with Crippen LogP contribution in [-0.4, -0.2) is 22.8 Å². The third-order valence-corrected chi connectivity index (χ3v) is 4.86. The second kappa shape index (κ2) is 8.58. The van der Waals surface area contributed by atoms with Crippen molar-refractivity contribution in [2.45, 2.75) is 6.92 Å². The lowest BCUT2D eigenvalue weighted by atomic mass is 10.1. The average molecular weight is 437 g/mol. The van der Waals surface area contributed by atoms with Gasteiger partial charge in [-0.25, -0.2) is 17.9 Å². The Hall–Kier alpha value is -4.07. The van der Waals surface area contributed by atoms with E-state index >= 15 is 0 Å². The lowest BCUT2D eigenvalue weighted by Crippen LogP contribution is -2.14. The number of rotatable bonds is 5. The van der Waals surface area contributed by atoms with Crippen LogP contribution in [0.2, 0.25) is 0 Å². The number of carbonyl (C=O) groups is 1. The normalized spacial score (nSPS) is 10.8. The molecule has 1 heterocycles. The van der Waals surface area contributed by atoms with E-state index in [9.17, 15) is 18.0 Å². The first-order valence-electron chi connectivity index (χ1n) is 9.62. The highest BCUT2D eigenvalue weighted by molar-refractivity contribution is 6.08. The van der Waals surface area contributed by atoms with Crippen molar-refractivity contribution in [1.82, 2.24) is 9.78 Å². The Kier molecular flexibility index (Phi) is 5.68. The van der Waals surface area contributed by atoms with Crippen molar-refractivity contribution in [2.24, 2.45) is 0 Å². The summed E-state index contributed by atoms with van der Waals surface area (Å²) in [6, 6.07) is 15.4. The van der Waals surface area contributed by atoms with Gasteiger partial charge in [0.25, 0.3) is 5.91 Å². The van der Waals surface area contributed by atoms with Crippen LogP contribution >= 0.6 is 0 Å². The lowest BCUT2D eigenvalue weighted by Gasteiger charge is -2.08. The van der Waals surface area contributed by atoms with Gasteiger partial charge in [0, 0.05) is 23.9 Å². The van der Waals surface area contributed by atoms with E-state index < -0.39 is 29.0 Å². The monoisotopic (exact) mass is 437 g/mol. The SMILES string of the molecule is COc1cccc(-c2nn(-c3ccc(C)cc3)cc2C(=O)Nc2cc(F)c(F)cc2F)c1. The number of aromatic nitrogens is 2. The summed E-state index contributed by atoms with van der Waals surface area (Å²) in [6.45, 7) is 1.95. The van der Waals surface area contributed by atoms with E-state index in [4.69, 9.17) is 4.74 Å². The summed E-state index contributed by atoms with van der Waals surface area (Å²) in [4.78, 5) is 13.0. The summed E-state index contributed by atoms with van der Waals surface area (Å²) in [5.41, 5.74) is 2.30. The summed E-state index contributed by atoms with van der Waals surface area (Å²) >= 11 is 0. The minimum absolute atomic E-state index is 0.114. The number of nitrogens with zero attached hydrogens (tertiary/aromatic N) is 2. The topological polar surface area (TPSA) is 56.2 Å². The molecule has 3 aromatic carbocycles. The largest absolute Gasteiger partial charge is 0.497 e. The van der Waals surface area contributed by atoms with Crippen LogP contribution in [0.5, 0.6) is 5.75 Å². The molecule has 162 valence electrons. The van der Waals surface area contributed by atoms with E-state index in [0.717, 1.165) is 5.56 Å². The minimum Gasteiger partial charge on any atom is -0.497 e. The zero-order valence-corrected chi connectivity index (χ0v) is 17.2. The zero-order valence-electron chi connectivity index (χ0n) is 17.2. The van der Waals surface area contributed by atoms with E-state index in [1.165, 1.54) is 18.0 Å². The second-order valence-electron chi connectivity index (χ2n) is 7.10. The summed E-state index contributed by atoms with van der Waals surface area (Å²) < 4.78 is 47.7. The molecule has 0 fully saturated rings. The van der Waals surface area contributed by atoms with Crippen LogP contribution in [0.4, 0.5) is 18.9 Å². The molecule has 0 aliphatic heterocycles. The van der Waals surface area contributed by atoms with Crippen molar-refractivity contribution < 1.29 is 22.7 Å². The van der Waals surface area contributed by atoms with Gasteiger partial charge >= 0.3 is 0 Å². The van der Waals surface area contributed by atoms with E-state index in [1.807, 2.05) is 31.2 Å². The Morgan fingerprint density at radius 1 is 0.969 bits per heavy atom. The highest BCUT2D eigenvalue weighted by Crippen LogP contribution is 2.28. The number of methoxy groups -OCH3 is 1. The molecule has 0 bridgehead atoms. The van der Waals surface area contributed by atoms with Gasteiger partial charge in [0.05, 0.1) is 24.0 Å². The molecule has 4 aromatic rings. The van der Waals surface area contributed by atoms with Crippen LogP contribution in [0.25, 0.3) is 16.9 Å². The molecule has 0 aliphatic carbocycles. The van der Waals surface area contributed by atoms with Gasteiger partial charge in [-0.15, -0.1) is 0 Å². The number of ether oxygens (including phenoxy) is 1. The molecule has 5 nitrogen and oxygen atoms in total. The Morgan fingerprint density at radius 3 is 2.41 bits per heavy atom. The predicted molar refractivity (Wildman–Crippen MR) is 115 cm³/mol. The number of hydrogen-bond donors (Lipinski definition) is 1. The van der Waals surface area contributed by atoms with Gasteiger partial charge in [-0.3, -0.25) is 4.79 Å². The third kappa shape index (κ3) is 4.20. The Balaban J connectivity index is 1.79. The fraction of sp³-hybridized carbons (Fsp3) is 0.0833. The van der Waals surface area contributed by atoms with E-state index in [1.54, 1.807) is 24.3 Å². The summed E-state index contributed by atoms with van der Waals surface area (Å²) in [5, 5.41) is 6.85. The highest BCUT2D eigenvalue weighted by atomic mass is 19.2. The van der Waals surface area contributed by atoms with E-state index in [2.05, 4.69) is 10.4 Å². The van der Waals surface area contributed by atoms with Gasteiger partial charge in [-0.2, -0.15) is 5.10 Å². The fourth-order valence-corrected chi connectivity index (χ4v) is 3.16. The van der Waals surface area contributed by atoms with E-state index in [0.29, 0.717) is 34.8 Å². The quantitative estimate of drug-likeness (QED) is 0.418. The molecule has 0 radical (unpaired) electrons. The lowest BCUT2D eigenvalue weighted by molar-refractivity contribution is 0.102. The molecule has 1 amide bonds. The van der Waals surface area contributed by atoms with Crippen LogP contribution < -0.4 is 10.1 Å². The number of aryl methyl sites for hydroxylation is 1. The summed E-state index contributed by atoms with van der Waals surface area (Å²) in [7, 11) is 1.52. The molecule has 0 saturated heterocycles. The maximum atomic E-state index is 14.1. The van der Waals surface area contributed by atoms with Crippen molar-refractivity contribution in [3.8, 4) is 22.7 Å². The molecule has 0 unspecified atom stereocenters. The van der Waals surface area contributed by atoms with Crippen molar-refractivity contribution in [3.63, 3.8) is 0 Å². The molecule has 0 spiro atoms. The number of benzene rings is 3. The van der Waals surface area contributed by atoms with Crippen LogP contribution in [0.3, 0.4) is 0 Å². The predicted octanol–water partition coefficient (Wildman–Crippen LogP) is 5.53. The molecule has 32 heavy (non-hydrogen) atoms. The maximum absolute atomic E-state index is 14.1. The van der Waals surface area contributed by atoms with Crippen molar-refractivity contribution in [1.29, 1.82) is 0 Å². The van der Waals surface area contributed by atoms with Crippen LogP contribution in [0, 0.1) is 24.4 Å². The van der Waals surface area contributed by atoms with E-state index in [-0.39, 0.29) is 5.56 Å². The Bertz CT molecular complexity index is 1300. The first kappa shape index (κ1) is 21.2. The molecular formula is C24H18F3N3O2. The molecule has 4 rings (SSSR count). The molecule has 0 saturated carbocycles. The van der Waals surface area contributed by atoms with Gasteiger partial charge < -0.3 is 10.1 Å². The van der Waals surface area contributed by atoms with Crippen molar-refractivity contribution >= 4 is 11.6 Å². The number of hydrogen-bond acceptors (Lipinski definition) is 3. The number of nitrogens with one attached hydrogen (secondary N) is 1. The summed E-state index contributed by atoms with van der Waals surface area (Å²) in [6.07, 6.45) is 1.49. The average Bonchev–Trinajstić information content (AvgIpc) is 3.23. The first-order valence-corrected chi connectivity index (χ1v) is 9.62. The van der Waals surface area contributed by atoms with Crippen LogP contribution in [-0.2, 0) is 0 Å². The number of carbonyl (C=O) groups excluding carboxylic acids is 1. The minimum atomic E-state index is -1.34. The number of anilines is 1. The fourth-order valence-electron chi connectivity index (χ4n) is 3.16. The zero-order chi connectivity index (χ0) is 22.8. The Morgan fingerprint density at radius 2 is 1.69 bits per heavy atom. The third-order valence-electron chi connectivity index (χ3n) is 4.86. The maximum Gasteiger partial charge on any atom is 0.259 e. The van der Waals surface area contributed by atoms with Crippen molar-refractivity contribution in [3.05, 3.63) is 95.4 Å². The molecule has 1 aromatic heterocycles. The standard InChI is InChI=1S/C24H18F3N3O2/c1-14-6-8-16(9-7-14)30-13-18(23(29-30)15-4-3-5-17(10-15)32-2)24(31)28-22-12-20(26)19(25)11-21(22)27/h3-13H,1-2H3,(H,28,31). The van der Waals surface area contributed by atoms with Crippen LogP contribution in [0.1, 0.15) is 15.9 Å². The van der Waals surface area contributed by atoms with Gasteiger partial charge in [-0.1, -0.05) is 29.8 Å². The van der Waals surface area contributed by atoms with Gasteiger partial charge in [0.1, 0.15) is 17.3 Å². The first-order chi connectivity index (χ1) is 15.4. The van der Waals surface area contributed by atoms with Crippen molar-refractivity contribution in [2.75, 3.05) is 12.4 Å². The highest BCUT2D eigenvalue weighted by Gasteiger charge is 2.21. The smallest absolute Gasteiger partial charge is 0.259 e. The van der Waals surface area contributed by atoms with Gasteiger partial charge in [0.2, 0.25) is 0 Å². The second-order valence-corrected chi connectivity index (χ2v) is 7.10. The molecule has 8 heteroatoms. The van der Waals surface area contributed by atoms with Gasteiger partial charge in [0.15, 0.2) is 11.6 Å². The van der Waals surface area contributed by atoms with Gasteiger partial charge in [-0.05, 0) is 31.2 Å². The summed E-state index contributed by atoms with van der Waals surface area (Å²) in [5.74, 6) is -3.88.